The van der Waals surface area contributed by atoms with Crippen LogP contribution in [0.15, 0.2) is 11.6 Å². The van der Waals surface area contributed by atoms with Crippen molar-refractivity contribution in [1.29, 1.82) is 0 Å². The van der Waals surface area contributed by atoms with Gasteiger partial charge in [0.05, 0.1) is 17.8 Å². The predicted molar refractivity (Wildman–Crippen MR) is 132 cm³/mol. The Hall–Kier alpha value is -0.380. The third kappa shape index (κ3) is 2.85. The molecule has 11 unspecified atom stereocenters. The lowest BCUT2D eigenvalue weighted by molar-refractivity contribution is -0.131. The number of aliphatic hydroxyl groups is 1. The van der Waals surface area contributed by atoms with Gasteiger partial charge in [0.1, 0.15) is 12.2 Å². The molecular formula is C30H48O3. The maximum atomic E-state index is 10.8. The van der Waals surface area contributed by atoms with Crippen molar-refractivity contribution in [2.24, 2.45) is 45.3 Å². The van der Waals surface area contributed by atoms with E-state index < -0.39 is 0 Å². The fourth-order valence-electron chi connectivity index (χ4n) is 10.4. The van der Waals surface area contributed by atoms with E-state index in [1.54, 1.807) is 5.57 Å². The fraction of sp³-hybridized carbons (Fsp3) is 0.933. The zero-order valence-corrected chi connectivity index (χ0v) is 22.4. The van der Waals surface area contributed by atoms with Gasteiger partial charge >= 0.3 is 0 Å². The molecule has 2 saturated heterocycles. The van der Waals surface area contributed by atoms with E-state index in [0.717, 1.165) is 18.8 Å². The van der Waals surface area contributed by atoms with Gasteiger partial charge in [-0.1, -0.05) is 53.2 Å². The van der Waals surface area contributed by atoms with Gasteiger partial charge in [0.25, 0.3) is 0 Å². The highest BCUT2D eigenvalue weighted by Gasteiger charge is 2.69. The Bertz CT molecular complexity index is 874. The molecule has 0 radical (unpaired) electrons. The van der Waals surface area contributed by atoms with Crippen LogP contribution < -0.4 is 0 Å². The normalized spacial score (nSPS) is 56.8. The number of hydrogen-bond acceptors (Lipinski definition) is 3. The summed E-state index contributed by atoms with van der Waals surface area (Å²) in [6, 6.07) is 0. The zero-order valence-electron chi connectivity index (χ0n) is 22.4. The van der Waals surface area contributed by atoms with Gasteiger partial charge < -0.3 is 14.6 Å². The van der Waals surface area contributed by atoms with Gasteiger partial charge in [-0.15, -0.1) is 0 Å². The van der Waals surface area contributed by atoms with Gasteiger partial charge in [-0.3, -0.25) is 0 Å². The van der Waals surface area contributed by atoms with E-state index in [9.17, 15) is 5.11 Å². The minimum Gasteiger partial charge on any atom is -0.393 e. The van der Waals surface area contributed by atoms with Crippen LogP contribution >= 0.6 is 0 Å². The third-order valence-electron chi connectivity index (χ3n) is 12.9. The van der Waals surface area contributed by atoms with Crippen molar-refractivity contribution < 1.29 is 14.6 Å². The van der Waals surface area contributed by atoms with Gasteiger partial charge in [-0.05, 0) is 104 Å². The van der Waals surface area contributed by atoms with E-state index in [-0.39, 0.29) is 17.1 Å². The van der Waals surface area contributed by atoms with Crippen molar-refractivity contribution in [2.75, 3.05) is 0 Å². The number of aliphatic hydroxyl groups excluding tert-OH is 1. The highest BCUT2D eigenvalue weighted by atomic mass is 16.7. The number of hydrogen-bond donors (Lipinski definition) is 1. The van der Waals surface area contributed by atoms with Crippen LogP contribution in [-0.2, 0) is 9.47 Å². The topological polar surface area (TPSA) is 45.3 Å². The first-order valence-corrected chi connectivity index (χ1v) is 14.0. The number of rotatable bonds is 3. The highest BCUT2D eigenvalue weighted by molar-refractivity contribution is 5.33. The van der Waals surface area contributed by atoms with Gasteiger partial charge in [0.2, 0.25) is 0 Å². The third-order valence-corrected chi connectivity index (χ3v) is 12.9. The average Bonchev–Trinajstić information content (AvgIpc) is 3.62. The van der Waals surface area contributed by atoms with Gasteiger partial charge in [-0.25, -0.2) is 0 Å². The summed E-state index contributed by atoms with van der Waals surface area (Å²) in [5.74, 6) is 2.63. The molecule has 6 aliphatic rings. The van der Waals surface area contributed by atoms with E-state index in [1.165, 1.54) is 32.1 Å². The number of ether oxygens (including phenoxy) is 2. The van der Waals surface area contributed by atoms with Crippen LogP contribution in [0.3, 0.4) is 0 Å². The number of epoxide rings is 2. The lowest BCUT2D eigenvalue weighted by Gasteiger charge is -2.64. The molecule has 2 aliphatic heterocycles. The van der Waals surface area contributed by atoms with Crippen molar-refractivity contribution in [3.8, 4) is 0 Å². The van der Waals surface area contributed by atoms with E-state index >= 15 is 0 Å². The summed E-state index contributed by atoms with van der Waals surface area (Å²) in [6.45, 7) is 19.4. The Morgan fingerprint density at radius 2 is 1.67 bits per heavy atom. The molecule has 11 atom stereocenters. The predicted octanol–water partition coefficient (Wildman–Crippen LogP) is 6.53. The van der Waals surface area contributed by atoms with Crippen molar-refractivity contribution >= 4 is 0 Å². The summed E-state index contributed by atoms with van der Waals surface area (Å²) >= 11 is 0. The second-order valence-electron chi connectivity index (χ2n) is 14.9. The first-order chi connectivity index (χ1) is 15.3. The molecule has 3 nitrogen and oxygen atoms in total. The number of allylic oxidation sites excluding steroid dienone is 2. The highest BCUT2D eigenvalue weighted by Crippen LogP contribution is 2.73. The first-order valence-electron chi connectivity index (χ1n) is 14.0. The molecule has 1 N–H and O–H groups in total. The molecule has 4 aliphatic carbocycles. The van der Waals surface area contributed by atoms with Crippen LogP contribution in [0, 0.1) is 45.3 Å². The Morgan fingerprint density at radius 3 is 2.33 bits per heavy atom. The van der Waals surface area contributed by atoms with Gasteiger partial charge in [0, 0.05) is 0 Å². The maximum absolute atomic E-state index is 10.8. The van der Waals surface area contributed by atoms with E-state index in [1.807, 2.05) is 0 Å². The van der Waals surface area contributed by atoms with Crippen molar-refractivity contribution in [3.05, 3.63) is 11.6 Å². The Labute approximate surface area is 202 Å². The summed E-state index contributed by atoms with van der Waals surface area (Å²) in [5, 5.41) is 10.8. The first kappa shape index (κ1) is 23.0. The van der Waals surface area contributed by atoms with Crippen molar-refractivity contribution in [1.82, 2.24) is 0 Å². The van der Waals surface area contributed by atoms with Gasteiger partial charge in [-0.2, -0.15) is 0 Å². The summed E-state index contributed by atoms with van der Waals surface area (Å²) < 4.78 is 12.2. The monoisotopic (exact) mass is 456 g/mol. The molecule has 0 spiro atoms. The molecule has 186 valence electrons. The van der Waals surface area contributed by atoms with Crippen molar-refractivity contribution in [2.45, 2.75) is 130 Å². The molecule has 0 aromatic carbocycles. The van der Waals surface area contributed by atoms with Crippen LogP contribution in [-0.4, -0.2) is 35.1 Å². The molecular weight excluding hydrogens is 408 g/mol. The Balaban J connectivity index is 1.27. The molecule has 6 rings (SSSR count). The summed E-state index contributed by atoms with van der Waals surface area (Å²) in [6.07, 6.45) is 12.2. The van der Waals surface area contributed by atoms with Crippen LogP contribution in [0.1, 0.15) is 100 Å². The standard InChI is InChI=1S/C30H48O3/c1-17(23-24(32-23)25-27(4,5)33-25)18-11-15-30(8)20-9-10-21-26(2,3)22(31)13-14-28(21,6)19(20)12-16-29(18,30)7/h9,17-19,21-25,31H,10-16H2,1-8H3. The molecule has 5 fully saturated rings. The van der Waals surface area contributed by atoms with E-state index in [0.29, 0.717) is 52.3 Å². The molecule has 0 amide bonds. The summed E-state index contributed by atoms with van der Waals surface area (Å²) in [7, 11) is 0. The minimum absolute atomic E-state index is 0.0143. The molecule has 3 heteroatoms. The molecule has 2 heterocycles. The zero-order chi connectivity index (χ0) is 23.8. The average molecular weight is 457 g/mol. The summed E-state index contributed by atoms with van der Waals surface area (Å²) in [4.78, 5) is 0. The molecule has 0 bridgehead atoms. The van der Waals surface area contributed by atoms with Crippen molar-refractivity contribution in [3.63, 3.8) is 0 Å². The second kappa shape index (κ2) is 6.68. The quantitative estimate of drug-likeness (QED) is 0.388. The smallest absolute Gasteiger partial charge is 0.115 e. The molecule has 0 aromatic heterocycles. The van der Waals surface area contributed by atoms with E-state index in [2.05, 4.69) is 61.5 Å². The molecule has 3 saturated carbocycles. The Kier molecular flexibility index (Phi) is 4.66. The maximum Gasteiger partial charge on any atom is 0.115 e. The number of fused-ring (bicyclic) bond motifs is 5. The van der Waals surface area contributed by atoms with Crippen LogP contribution in [0.25, 0.3) is 0 Å². The van der Waals surface area contributed by atoms with Crippen LogP contribution in [0.5, 0.6) is 0 Å². The van der Waals surface area contributed by atoms with Crippen LogP contribution in [0.2, 0.25) is 0 Å². The van der Waals surface area contributed by atoms with Gasteiger partial charge in [0.15, 0.2) is 0 Å². The van der Waals surface area contributed by atoms with Crippen LogP contribution in [0.4, 0.5) is 0 Å². The SMILES string of the molecule is CC(C1OC1C1OC1(C)C)C1CCC2(C)C3=CCC4C(C)(C)C(O)CCC4(C)C3CCC12C. The molecule has 33 heavy (non-hydrogen) atoms. The fourth-order valence-corrected chi connectivity index (χ4v) is 10.4. The lowest BCUT2D eigenvalue weighted by Crippen LogP contribution is -2.58. The molecule has 0 aromatic rings. The lowest BCUT2D eigenvalue weighted by atomic mass is 9.41. The van der Waals surface area contributed by atoms with E-state index in [4.69, 9.17) is 9.47 Å². The second-order valence-corrected chi connectivity index (χ2v) is 14.9. The Morgan fingerprint density at radius 1 is 0.970 bits per heavy atom. The largest absolute Gasteiger partial charge is 0.393 e. The summed E-state index contributed by atoms with van der Waals surface area (Å²) in [5.41, 5.74) is 2.84. The minimum atomic E-state index is -0.154.